The van der Waals surface area contributed by atoms with Crippen LogP contribution < -0.4 is 4.74 Å². The standard InChI is InChI=1S/C37H37NO7/c1-4-43-35(39)32(36(40)44-5-2)31(27-21-23-30(42-3)24-22-27)34(37(41)45-25-26-15-9-6-10-16-26)38-33(28-17-11-7-12-18-28)29-19-13-8-14-20-29/h6-24,31-32,34H,4-5,25H2,1-3H3/t31-,34-/m0/s1. The molecule has 0 saturated heterocycles. The summed E-state index contributed by atoms with van der Waals surface area (Å²) < 4.78 is 22.0. The van der Waals surface area contributed by atoms with Crippen molar-refractivity contribution >= 4 is 23.6 Å². The number of carbonyl (C=O) groups excluding carboxylic acids is 3. The Morgan fingerprint density at radius 3 is 1.58 bits per heavy atom. The third kappa shape index (κ3) is 8.66. The summed E-state index contributed by atoms with van der Waals surface area (Å²) in [4.78, 5) is 46.5. The minimum Gasteiger partial charge on any atom is -0.497 e. The van der Waals surface area contributed by atoms with Crippen LogP contribution in [-0.2, 0) is 35.2 Å². The quantitative estimate of drug-likeness (QED) is 0.0731. The molecule has 8 nitrogen and oxygen atoms in total. The van der Waals surface area contributed by atoms with E-state index in [9.17, 15) is 14.4 Å². The summed E-state index contributed by atoms with van der Waals surface area (Å²) >= 11 is 0. The molecule has 4 aromatic carbocycles. The highest BCUT2D eigenvalue weighted by Gasteiger charge is 2.46. The Morgan fingerprint density at radius 2 is 1.11 bits per heavy atom. The number of methoxy groups -OCH3 is 1. The third-order valence-corrected chi connectivity index (χ3v) is 7.11. The first kappa shape index (κ1) is 32.7. The lowest BCUT2D eigenvalue weighted by Crippen LogP contribution is -2.42. The van der Waals surface area contributed by atoms with Crippen molar-refractivity contribution < 1.29 is 33.3 Å². The monoisotopic (exact) mass is 607 g/mol. The van der Waals surface area contributed by atoms with Crippen LogP contribution in [0.3, 0.4) is 0 Å². The number of benzene rings is 4. The fourth-order valence-electron chi connectivity index (χ4n) is 4.98. The molecule has 0 heterocycles. The van der Waals surface area contributed by atoms with E-state index in [0.29, 0.717) is 17.0 Å². The Bertz CT molecular complexity index is 1500. The highest BCUT2D eigenvalue weighted by molar-refractivity contribution is 6.13. The van der Waals surface area contributed by atoms with Crippen LogP contribution in [-0.4, -0.2) is 50.0 Å². The maximum Gasteiger partial charge on any atom is 0.331 e. The molecule has 2 atom stereocenters. The lowest BCUT2D eigenvalue weighted by atomic mass is 9.80. The molecule has 0 spiro atoms. The Labute approximate surface area is 263 Å². The minimum atomic E-state index is -1.52. The zero-order chi connectivity index (χ0) is 32.0. The van der Waals surface area contributed by atoms with Crippen molar-refractivity contribution in [3.8, 4) is 5.75 Å². The molecule has 0 aliphatic heterocycles. The van der Waals surface area contributed by atoms with Crippen LogP contribution >= 0.6 is 0 Å². The number of nitrogens with zero attached hydrogens (tertiary/aromatic N) is 1. The van der Waals surface area contributed by atoms with Crippen molar-refractivity contribution in [2.45, 2.75) is 32.4 Å². The molecule has 0 N–H and O–H groups in total. The number of rotatable bonds is 14. The first-order chi connectivity index (χ1) is 22.0. The van der Waals surface area contributed by atoms with Gasteiger partial charge in [0, 0.05) is 17.0 Å². The molecule has 0 unspecified atom stereocenters. The molecular formula is C37H37NO7. The molecule has 0 amide bonds. The molecule has 0 fully saturated rings. The number of hydrogen-bond acceptors (Lipinski definition) is 8. The fourth-order valence-corrected chi connectivity index (χ4v) is 4.98. The molecular weight excluding hydrogens is 570 g/mol. The Balaban J connectivity index is 1.96. The minimum absolute atomic E-state index is 0.0236. The van der Waals surface area contributed by atoms with Gasteiger partial charge < -0.3 is 18.9 Å². The van der Waals surface area contributed by atoms with Gasteiger partial charge in [-0.3, -0.25) is 14.6 Å². The number of ether oxygens (including phenoxy) is 4. The molecule has 4 aromatic rings. The molecule has 0 aromatic heterocycles. The predicted molar refractivity (Wildman–Crippen MR) is 171 cm³/mol. The van der Waals surface area contributed by atoms with Crippen LogP contribution in [0.15, 0.2) is 120 Å². The van der Waals surface area contributed by atoms with E-state index >= 15 is 0 Å². The van der Waals surface area contributed by atoms with Gasteiger partial charge in [0.15, 0.2) is 12.0 Å². The highest BCUT2D eigenvalue weighted by Crippen LogP contribution is 2.35. The summed E-state index contributed by atoms with van der Waals surface area (Å²) in [6.07, 6.45) is 0. The number of carbonyl (C=O) groups is 3. The first-order valence-electron chi connectivity index (χ1n) is 14.8. The van der Waals surface area contributed by atoms with Gasteiger partial charge in [0.1, 0.15) is 12.4 Å². The Hall–Kier alpha value is -5.24. The zero-order valence-electron chi connectivity index (χ0n) is 25.6. The summed E-state index contributed by atoms with van der Waals surface area (Å²) in [5.74, 6) is -4.49. The summed E-state index contributed by atoms with van der Waals surface area (Å²) in [7, 11) is 1.53. The van der Waals surface area contributed by atoms with Gasteiger partial charge in [-0.25, -0.2) is 4.79 Å². The van der Waals surface area contributed by atoms with E-state index in [1.54, 1.807) is 38.1 Å². The van der Waals surface area contributed by atoms with Gasteiger partial charge in [-0.1, -0.05) is 103 Å². The summed E-state index contributed by atoms with van der Waals surface area (Å²) in [6.45, 7) is 3.31. The lowest BCUT2D eigenvalue weighted by Gasteiger charge is -2.29. The van der Waals surface area contributed by atoms with Crippen LogP contribution in [0.5, 0.6) is 5.75 Å². The SMILES string of the molecule is CCOC(=O)C(C(=O)OCC)[C@H](c1ccc(OC)cc1)[C@H](N=C(c1ccccc1)c1ccccc1)C(=O)OCc1ccccc1. The molecule has 0 aliphatic carbocycles. The van der Waals surface area contributed by atoms with Crippen LogP contribution in [0.25, 0.3) is 0 Å². The van der Waals surface area contributed by atoms with E-state index in [1.807, 2.05) is 91.0 Å². The number of hydrogen-bond donors (Lipinski definition) is 0. The highest BCUT2D eigenvalue weighted by atomic mass is 16.6. The van der Waals surface area contributed by atoms with E-state index in [4.69, 9.17) is 23.9 Å². The van der Waals surface area contributed by atoms with E-state index in [1.165, 1.54) is 7.11 Å². The van der Waals surface area contributed by atoms with Crippen molar-refractivity contribution in [3.05, 3.63) is 138 Å². The van der Waals surface area contributed by atoms with Crippen molar-refractivity contribution in [1.29, 1.82) is 0 Å². The van der Waals surface area contributed by atoms with Gasteiger partial charge >= 0.3 is 17.9 Å². The predicted octanol–water partition coefficient (Wildman–Crippen LogP) is 6.17. The number of aliphatic imine (C=N–C) groups is 1. The Morgan fingerprint density at radius 1 is 0.622 bits per heavy atom. The van der Waals surface area contributed by atoms with Crippen molar-refractivity contribution in [3.63, 3.8) is 0 Å². The van der Waals surface area contributed by atoms with Gasteiger partial charge in [0.25, 0.3) is 0 Å². The normalized spacial score (nSPS) is 12.0. The lowest BCUT2D eigenvalue weighted by molar-refractivity contribution is -0.164. The molecule has 4 rings (SSSR count). The molecule has 0 radical (unpaired) electrons. The molecule has 0 aliphatic rings. The summed E-state index contributed by atoms with van der Waals surface area (Å²) in [5.41, 5.74) is 3.22. The smallest absolute Gasteiger partial charge is 0.331 e. The van der Waals surface area contributed by atoms with E-state index in [0.717, 1.165) is 16.7 Å². The summed E-state index contributed by atoms with van der Waals surface area (Å²) in [5, 5.41) is 0. The summed E-state index contributed by atoms with van der Waals surface area (Å²) in [6, 6.07) is 33.5. The largest absolute Gasteiger partial charge is 0.497 e. The Kier molecular flexibility index (Phi) is 12.0. The van der Waals surface area contributed by atoms with Gasteiger partial charge in [-0.05, 0) is 37.1 Å². The fraction of sp³-hybridized carbons (Fsp3) is 0.243. The molecule has 45 heavy (non-hydrogen) atoms. The third-order valence-electron chi connectivity index (χ3n) is 7.11. The molecule has 0 bridgehead atoms. The topological polar surface area (TPSA) is 100 Å². The second kappa shape index (κ2) is 16.6. The molecule has 8 heteroatoms. The van der Waals surface area contributed by atoms with E-state index < -0.39 is 35.8 Å². The second-order valence-electron chi connectivity index (χ2n) is 10.0. The van der Waals surface area contributed by atoms with Gasteiger partial charge in [-0.15, -0.1) is 0 Å². The van der Waals surface area contributed by atoms with Gasteiger partial charge in [-0.2, -0.15) is 0 Å². The zero-order valence-corrected chi connectivity index (χ0v) is 25.6. The number of esters is 3. The average molecular weight is 608 g/mol. The average Bonchev–Trinajstić information content (AvgIpc) is 3.08. The van der Waals surface area contributed by atoms with Gasteiger partial charge in [0.2, 0.25) is 0 Å². The van der Waals surface area contributed by atoms with Crippen LogP contribution in [0, 0.1) is 5.92 Å². The van der Waals surface area contributed by atoms with Crippen LogP contribution in [0.1, 0.15) is 42.0 Å². The maximum absolute atomic E-state index is 14.3. The van der Waals surface area contributed by atoms with Crippen molar-refractivity contribution in [2.75, 3.05) is 20.3 Å². The van der Waals surface area contributed by atoms with Crippen LogP contribution in [0.4, 0.5) is 0 Å². The molecule has 232 valence electrons. The second-order valence-corrected chi connectivity index (χ2v) is 10.0. The first-order valence-corrected chi connectivity index (χ1v) is 14.8. The van der Waals surface area contributed by atoms with E-state index in [-0.39, 0.29) is 19.8 Å². The van der Waals surface area contributed by atoms with Crippen molar-refractivity contribution in [1.82, 2.24) is 0 Å². The van der Waals surface area contributed by atoms with Crippen LogP contribution in [0.2, 0.25) is 0 Å². The van der Waals surface area contributed by atoms with Crippen molar-refractivity contribution in [2.24, 2.45) is 10.9 Å². The maximum atomic E-state index is 14.3. The molecule has 0 saturated carbocycles. The van der Waals surface area contributed by atoms with Gasteiger partial charge in [0.05, 0.1) is 26.0 Å². The van der Waals surface area contributed by atoms with E-state index in [2.05, 4.69) is 0 Å².